The van der Waals surface area contributed by atoms with Crippen molar-refractivity contribution in [2.45, 2.75) is 52.7 Å². The van der Waals surface area contributed by atoms with Gasteiger partial charge in [-0.2, -0.15) is 0 Å². The molecule has 0 fully saturated rings. The Morgan fingerprint density at radius 2 is 1.78 bits per heavy atom. The molecule has 190 valence electrons. The lowest BCUT2D eigenvalue weighted by atomic mass is 9.90. The van der Waals surface area contributed by atoms with Gasteiger partial charge in [-0.05, 0) is 87.7 Å². The van der Waals surface area contributed by atoms with Gasteiger partial charge in [-0.1, -0.05) is 23.7 Å². The lowest BCUT2D eigenvalue weighted by Gasteiger charge is -2.29. The van der Waals surface area contributed by atoms with E-state index in [0.717, 1.165) is 54.3 Å². The van der Waals surface area contributed by atoms with Crippen LogP contribution in [0.25, 0.3) is 31.9 Å². The van der Waals surface area contributed by atoms with Gasteiger partial charge >= 0.3 is 0 Å². The van der Waals surface area contributed by atoms with Crippen molar-refractivity contribution in [3.8, 4) is 21.7 Å². The van der Waals surface area contributed by atoms with Crippen molar-refractivity contribution in [3.63, 3.8) is 0 Å². The lowest BCUT2D eigenvalue weighted by molar-refractivity contribution is -0.138. The summed E-state index contributed by atoms with van der Waals surface area (Å²) in [5, 5.41) is 1.51. The van der Waals surface area contributed by atoms with Gasteiger partial charge in [0.25, 0.3) is 0 Å². The summed E-state index contributed by atoms with van der Waals surface area (Å²) in [5.74, 6) is 0.0422. The Hall–Kier alpha value is -3.06. The van der Waals surface area contributed by atoms with E-state index in [4.69, 9.17) is 21.3 Å². The monoisotopic (exact) mass is 532 g/mol. The van der Waals surface area contributed by atoms with E-state index in [1.165, 1.54) is 0 Å². The molecule has 2 heterocycles. The molecule has 4 aromatic rings. The van der Waals surface area contributed by atoms with Gasteiger partial charge in [-0.25, -0.2) is 4.98 Å². The molecular formula is C30H29ClN2O3S. The number of Topliss-reactive ketones (excluding diaryl/α,β-unsaturated/α-hetero) is 1. The number of amides is 1. The van der Waals surface area contributed by atoms with Gasteiger partial charge in [0, 0.05) is 34.4 Å². The van der Waals surface area contributed by atoms with Crippen LogP contribution >= 0.6 is 22.9 Å². The lowest BCUT2D eigenvalue weighted by Crippen LogP contribution is -2.27. The average molecular weight is 533 g/mol. The van der Waals surface area contributed by atoms with Crippen molar-refractivity contribution < 1.29 is 14.3 Å². The Morgan fingerprint density at radius 3 is 2.43 bits per heavy atom. The second-order valence-electron chi connectivity index (χ2n) is 10.6. The van der Waals surface area contributed by atoms with Crippen LogP contribution in [0.4, 0.5) is 5.69 Å². The van der Waals surface area contributed by atoms with Crippen LogP contribution in [0.2, 0.25) is 5.02 Å². The summed E-state index contributed by atoms with van der Waals surface area (Å²) in [4.78, 5) is 31.8. The third-order valence-electron chi connectivity index (χ3n) is 6.57. The number of hydrogen-bond donors (Lipinski definition) is 0. The molecule has 1 aliphatic rings. The number of carbonyl (C=O) groups excluding carboxylic acids is 2. The number of carbonyl (C=O) groups is 2. The van der Waals surface area contributed by atoms with Crippen LogP contribution in [0.1, 0.15) is 50.5 Å². The highest BCUT2D eigenvalue weighted by Gasteiger charge is 2.31. The van der Waals surface area contributed by atoms with E-state index in [1.807, 2.05) is 70.2 Å². The first-order chi connectivity index (χ1) is 17.4. The summed E-state index contributed by atoms with van der Waals surface area (Å²) in [6.07, 6.45) is -0.323. The summed E-state index contributed by atoms with van der Waals surface area (Å²) in [6.45, 7) is 9.46. The third-order valence-corrected chi connectivity index (χ3v) is 7.96. The van der Waals surface area contributed by atoms with Crippen molar-refractivity contribution in [1.82, 2.24) is 4.98 Å². The number of aryl methyl sites for hydroxylation is 1. The molecule has 1 aliphatic heterocycles. The van der Waals surface area contributed by atoms with E-state index in [-0.39, 0.29) is 11.7 Å². The maximum atomic E-state index is 12.9. The number of rotatable bonds is 5. The zero-order valence-corrected chi connectivity index (χ0v) is 23.4. The predicted molar refractivity (Wildman–Crippen MR) is 152 cm³/mol. The van der Waals surface area contributed by atoms with Crippen molar-refractivity contribution in [2.75, 3.05) is 11.9 Å². The molecule has 1 aromatic heterocycles. The molecule has 5 rings (SSSR count). The standard InChI is InChI=1S/C30H29ClN2O3S/c1-16-13-22-28(37-29(32-22)19-9-12-23-20(14-19)15-24(35)33(23)6)26(18-7-10-21(31)11-8-18)25(16)27(17(2)34)36-30(3,4)5/h7-14,27H,15H2,1-6H3/t27-/m1/s1. The SMILES string of the molecule is CC(=O)[C@@H](OC(C)(C)C)c1c(C)cc2nc(-c3ccc4c(c3)CC(=O)N4C)sc2c1-c1ccc(Cl)cc1. The van der Waals surface area contributed by atoms with E-state index in [0.29, 0.717) is 11.4 Å². The minimum absolute atomic E-state index is 0.0512. The second kappa shape index (κ2) is 9.35. The van der Waals surface area contributed by atoms with Crippen LogP contribution in [0.5, 0.6) is 0 Å². The van der Waals surface area contributed by atoms with Gasteiger partial charge in [-0.15, -0.1) is 11.3 Å². The fraction of sp³-hybridized carbons (Fsp3) is 0.300. The molecule has 3 aromatic carbocycles. The normalized spacial score (nSPS) is 14.4. The number of ether oxygens (including phenoxy) is 1. The molecule has 0 aliphatic carbocycles. The molecule has 5 nitrogen and oxygen atoms in total. The molecule has 0 bridgehead atoms. The quantitative estimate of drug-likeness (QED) is 0.266. The molecule has 0 unspecified atom stereocenters. The maximum Gasteiger partial charge on any atom is 0.231 e. The Labute approximate surface area is 226 Å². The van der Waals surface area contributed by atoms with Crippen LogP contribution in [-0.2, 0) is 20.7 Å². The van der Waals surface area contributed by atoms with Gasteiger partial charge in [0.2, 0.25) is 5.91 Å². The Kier molecular flexibility index (Phi) is 6.47. The zero-order valence-electron chi connectivity index (χ0n) is 21.8. The molecular weight excluding hydrogens is 504 g/mol. The molecule has 0 N–H and O–H groups in total. The minimum Gasteiger partial charge on any atom is -0.360 e. The Balaban J connectivity index is 1.75. The topological polar surface area (TPSA) is 59.5 Å². The van der Waals surface area contributed by atoms with E-state index in [9.17, 15) is 9.59 Å². The molecule has 7 heteroatoms. The number of benzene rings is 3. The Bertz CT molecular complexity index is 1550. The highest BCUT2D eigenvalue weighted by Crippen LogP contribution is 2.45. The molecule has 37 heavy (non-hydrogen) atoms. The van der Waals surface area contributed by atoms with Gasteiger partial charge < -0.3 is 9.64 Å². The summed E-state index contributed by atoms with van der Waals surface area (Å²) in [6, 6.07) is 15.8. The second-order valence-corrected chi connectivity index (χ2v) is 12.0. The number of aromatic nitrogens is 1. The number of nitrogens with zero attached hydrogens (tertiary/aromatic N) is 2. The van der Waals surface area contributed by atoms with Crippen molar-refractivity contribution in [2.24, 2.45) is 0 Å². The number of fused-ring (bicyclic) bond motifs is 2. The first kappa shape index (κ1) is 25.6. The average Bonchev–Trinajstić information content (AvgIpc) is 3.36. The van der Waals surface area contributed by atoms with E-state index < -0.39 is 11.7 Å². The van der Waals surface area contributed by atoms with E-state index >= 15 is 0 Å². The van der Waals surface area contributed by atoms with Crippen molar-refractivity contribution in [1.29, 1.82) is 0 Å². The van der Waals surface area contributed by atoms with Crippen molar-refractivity contribution in [3.05, 3.63) is 70.2 Å². The fourth-order valence-corrected chi connectivity index (χ4v) is 6.12. The summed E-state index contributed by atoms with van der Waals surface area (Å²) < 4.78 is 7.32. The molecule has 1 atom stereocenters. The van der Waals surface area contributed by atoms with E-state index in [2.05, 4.69) is 6.07 Å². The van der Waals surface area contributed by atoms with Gasteiger partial charge in [0.05, 0.1) is 22.2 Å². The van der Waals surface area contributed by atoms with Gasteiger partial charge in [0.15, 0.2) is 5.78 Å². The number of thiazole rings is 1. The summed E-state index contributed by atoms with van der Waals surface area (Å²) >= 11 is 7.81. The minimum atomic E-state index is -0.720. The number of hydrogen-bond acceptors (Lipinski definition) is 5. The highest BCUT2D eigenvalue weighted by atomic mass is 35.5. The fourth-order valence-electron chi connectivity index (χ4n) is 4.88. The van der Waals surface area contributed by atoms with Crippen LogP contribution < -0.4 is 4.90 Å². The van der Waals surface area contributed by atoms with E-state index in [1.54, 1.807) is 30.2 Å². The maximum absolute atomic E-state index is 12.9. The molecule has 0 saturated carbocycles. The van der Waals surface area contributed by atoms with Crippen LogP contribution in [0.15, 0.2) is 48.5 Å². The summed E-state index contributed by atoms with van der Waals surface area (Å²) in [5.41, 5.74) is 6.96. The number of likely N-dealkylation sites (N-methyl/N-ethyl adjacent to an activating group) is 1. The van der Waals surface area contributed by atoms with Crippen LogP contribution in [0.3, 0.4) is 0 Å². The molecule has 0 spiro atoms. The zero-order chi connectivity index (χ0) is 26.6. The molecule has 0 saturated heterocycles. The highest BCUT2D eigenvalue weighted by molar-refractivity contribution is 7.22. The largest absolute Gasteiger partial charge is 0.360 e. The number of ketones is 1. The van der Waals surface area contributed by atoms with Gasteiger partial charge in [-0.3, -0.25) is 9.59 Å². The first-order valence-electron chi connectivity index (χ1n) is 12.2. The van der Waals surface area contributed by atoms with Crippen LogP contribution in [-0.4, -0.2) is 29.3 Å². The number of anilines is 1. The number of halogens is 1. The summed E-state index contributed by atoms with van der Waals surface area (Å²) in [7, 11) is 1.80. The Morgan fingerprint density at radius 1 is 1.11 bits per heavy atom. The van der Waals surface area contributed by atoms with Crippen molar-refractivity contribution >= 4 is 50.5 Å². The molecule has 0 radical (unpaired) electrons. The predicted octanol–water partition coefficient (Wildman–Crippen LogP) is 7.56. The van der Waals surface area contributed by atoms with Crippen LogP contribution in [0, 0.1) is 6.92 Å². The smallest absolute Gasteiger partial charge is 0.231 e. The van der Waals surface area contributed by atoms with Gasteiger partial charge in [0.1, 0.15) is 11.1 Å². The third kappa shape index (κ3) is 4.81. The molecule has 1 amide bonds. The first-order valence-corrected chi connectivity index (χ1v) is 13.4.